The summed E-state index contributed by atoms with van der Waals surface area (Å²) in [7, 11) is 0. The molecule has 1 aliphatic heterocycles. The molecule has 1 aliphatic rings. The summed E-state index contributed by atoms with van der Waals surface area (Å²) in [6.07, 6.45) is 24.6. The second-order valence-electron chi connectivity index (χ2n) is 6.95. The first kappa shape index (κ1) is 21.8. The minimum absolute atomic E-state index is 0.315. The molecule has 0 amide bonds. The van der Waals surface area contributed by atoms with Gasteiger partial charge in [-0.05, 0) is 32.1 Å². The maximum atomic E-state index is 11.2. The van der Waals surface area contributed by atoms with E-state index in [1.54, 1.807) is 6.08 Å². The summed E-state index contributed by atoms with van der Waals surface area (Å²) in [6, 6.07) is 0. The second kappa shape index (κ2) is 16.2. The zero-order valence-electron chi connectivity index (χ0n) is 16.3. The number of cyclic esters (lactones) is 1. The predicted molar refractivity (Wildman–Crippen MR) is 104 cm³/mol. The van der Waals surface area contributed by atoms with Gasteiger partial charge in [-0.2, -0.15) is 0 Å². The lowest BCUT2D eigenvalue weighted by Gasteiger charge is -2.04. The summed E-state index contributed by atoms with van der Waals surface area (Å²) >= 11 is 0. The van der Waals surface area contributed by atoms with Crippen molar-refractivity contribution in [2.24, 2.45) is 0 Å². The third-order valence-electron chi connectivity index (χ3n) is 4.60. The van der Waals surface area contributed by atoms with Crippen LogP contribution in [0.2, 0.25) is 0 Å². The lowest BCUT2D eigenvalue weighted by Crippen LogP contribution is -2.04. The van der Waals surface area contributed by atoms with Crippen molar-refractivity contribution < 1.29 is 14.3 Å². The number of hydrogen-bond acceptors (Lipinski definition) is 3. The third kappa shape index (κ3) is 12.7. The van der Waals surface area contributed by atoms with Crippen LogP contribution in [-0.2, 0) is 14.3 Å². The minimum atomic E-state index is -0.315. The molecule has 3 heteroatoms. The molecular formula is C22H38O3. The van der Waals surface area contributed by atoms with Crippen molar-refractivity contribution in [1.29, 1.82) is 0 Å². The van der Waals surface area contributed by atoms with Crippen LogP contribution in [0.15, 0.2) is 24.0 Å². The van der Waals surface area contributed by atoms with E-state index in [1.165, 1.54) is 83.5 Å². The summed E-state index contributed by atoms with van der Waals surface area (Å²) in [5.74, 6) is 0.0808. The maximum Gasteiger partial charge on any atom is 0.373 e. The van der Waals surface area contributed by atoms with E-state index in [0.29, 0.717) is 19.0 Å². The Morgan fingerprint density at radius 2 is 1.44 bits per heavy atom. The van der Waals surface area contributed by atoms with Crippen LogP contribution in [0.3, 0.4) is 0 Å². The molecule has 1 heterocycles. The molecule has 0 aliphatic carbocycles. The molecule has 0 aromatic heterocycles. The Bertz CT molecular complexity index is 385. The molecule has 0 aromatic carbocycles. The Morgan fingerprint density at radius 1 is 0.880 bits per heavy atom. The number of rotatable bonds is 17. The van der Waals surface area contributed by atoms with Gasteiger partial charge in [0.25, 0.3) is 0 Å². The zero-order chi connectivity index (χ0) is 18.0. The molecule has 0 N–H and O–H groups in total. The average Bonchev–Trinajstić information content (AvgIpc) is 3.02. The number of esters is 1. The van der Waals surface area contributed by atoms with E-state index in [-0.39, 0.29) is 5.97 Å². The molecule has 144 valence electrons. The monoisotopic (exact) mass is 350 g/mol. The fraction of sp³-hybridized carbons (Fsp3) is 0.773. The van der Waals surface area contributed by atoms with E-state index >= 15 is 0 Å². The summed E-state index contributed by atoms with van der Waals surface area (Å²) in [6.45, 7) is 3.26. The molecule has 0 bridgehead atoms. The fourth-order valence-corrected chi connectivity index (χ4v) is 3.00. The number of unbranched alkanes of at least 4 members (excludes halogenated alkanes) is 12. The van der Waals surface area contributed by atoms with Crippen LogP contribution in [0.5, 0.6) is 0 Å². The number of carbonyl (C=O) groups is 1. The highest BCUT2D eigenvalue weighted by Crippen LogP contribution is 2.12. The predicted octanol–water partition coefficient (Wildman–Crippen LogP) is 6.48. The van der Waals surface area contributed by atoms with Crippen molar-refractivity contribution in [3.05, 3.63) is 24.0 Å². The quantitative estimate of drug-likeness (QED) is 0.171. The average molecular weight is 351 g/mol. The van der Waals surface area contributed by atoms with Crippen LogP contribution in [0, 0.1) is 0 Å². The molecule has 0 fully saturated rings. The van der Waals surface area contributed by atoms with Gasteiger partial charge >= 0.3 is 5.97 Å². The van der Waals surface area contributed by atoms with Crippen molar-refractivity contribution >= 4 is 5.97 Å². The van der Waals surface area contributed by atoms with E-state index < -0.39 is 0 Å². The van der Waals surface area contributed by atoms with Gasteiger partial charge in [0.2, 0.25) is 5.76 Å². The van der Waals surface area contributed by atoms with Gasteiger partial charge in [-0.1, -0.05) is 76.9 Å². The molecule has 3 nitrogen and oxygen atoms in total. The molecule has 25 heavy (non-hydrogen) atoms. The summed E-state index contributed by atoms with van der Waals surface area (Å²) in [5, 5.41) is 0. The van der Waals surface area contributed by atoms with Crippen molar-refractivity contribution in [1.82, 2.24) is 0 Å². The SMILES string of the molecule is CCCCCCCC/C=C\CCCCCCCCOC1=CCOC1=O. The highest BCUT2D eigenvalue weighted by Gasteiger charge is 2.17. The van der Waals surface area contributed by atoms with Crippen molar-refractivity contribution in [3.63, 3.8) is 0 Å². The van der Waals surface area contributed by atoms with Gasteiger partial charge in [0, 0.05) is 6.08 Å². The summed E-state index contributed by atoms with van der Waals surface area (Å²) < 4.78 is 10.2. The molecule has 0 aromatic rings. The smallest absolute Gasteiger partial charge is 0.373 e. The third-order valence-corrected chi connectivity index (χ3v) is 4.60. The van der Waals surface area contributed by atoms with Crippen LogP contribution in [0.4, 0.5) is 0 Å². The first-order valence-electron chi connectivity index (χ1n) is 10.5. The summed E-state index contributed by atoms with van der Waals surface area (Å²) in [5.41, 5.74) is 0. The molecule has 0 saturated heterocycles. The van der Waals surface area contributed by atoms with Crippen molar-refractivity contribution in [2.45, 2.75) is 96.8 Å². The van der Waals surface area contributed by atoms with Gasteiger partial charge in [0.15, 0.2) is 0 Å². The topological polar surface area (TPSA) is 35.5 Å². The van der Waals surface area contributed by atoms with Crippen LogP contribution in [-0.4, -0.2) is 19.2 Å². The summed E-state index contributed by atoms with van der Waals surface area (Å²) in [4.78, 5) is 11.2. The molecule has 0 saturated carbocycles. The molecule has 1 rings (SSSR count). The second-order valence-corrected chi connectivity index (χ2v) is 6.95. The number of ether oxygens (including phenoxy) is 2. The van der Waals surface area contributed by atoms with Crippen molar-refractivity contribution in [2.75, 3.05) is 13.2 Å². The van der Waals surface area contributed by atoms with Crippen LogP contribution < -0.4 is 0 Å². The molecule has 0 unspecified atom stereocenters. The lowest BCUT2D eigenvalue weighted by molar-refractivity contribution is -0.139. The Hall–Kier alpha value is -1.25. The van der Waals surface area contributed by atoms with Gasteiger partial charge in [-0.3, -0.25) is 0 Å². The highest BCUT2D eigenvalue weighted by molar-refractivity contribution is 5.88. The highest BCUT2D eigenvalue weighted by atomic mass is 16.6. The lowest BCUT2D eigenvalue weighted by atomic mass is 10.1. The Morgan fingerprint density at radius 3 is 2.00 bits per heavy atom. The fourth-order valence-electron chi connectivity index (χ4n) is 3.00. The Labute approximate surface area is 154 Å². The van der Waals surface area contributed by atoms with E-state index in [2.05, 4.69) is 19.1 Å². The molecular weight excluding hydrogens is 312 g/mol. The first-order valence-corrected chi connectivity index (χ1v) is 10.5. The Balaban J connectivity index is 1.74. The normalized spacial score (nSPS) is 14.1. The van der Waals surface area contributed by atoms with Crippen LogP contribution in [0.25, 0.3) is 0 Å². The van der Waals surface area contributed by atoms with E-state index in [0.717, 1.165) is 6.42 Å². The zero-order valence-corrected chi connectivity index (χ0v) is 16.3. The van der Waals surface area contributed by atoms with E-state index in [1.807, 2.05) is 0 Å². The van der Waals surface area contributed by atoms with Crippen molar-refractivity contribution in [3.8, 4) is 0 Å². The van der Waals surface area contributed by atoms with Gasteiger partial charge in [0.1, 0.15) is 6.61 Å². The van der Waals surface area contributed by atoms with Gasteiger partial charge in [0.05, 0.1) is 6.61 Å². The van der Waals surface area contributed by atoms with E-state index in [4.69, 9.17) is 9.47 Å². The minimum Gasteiger partial charge on any atom is -0.487 e. The molecule has 0 radical (unpaired) electrons. The number of carbonyl (C=O) groups excluding carboxylic acids is 1. The first-order chi connectivity index (χ1) is 12.3. The van der Waals surface area contributed by atoms with Gasteiger partial charge in [-0.25, -0.2) is 4.79 Å². The largest absolute Gasteiger partial charge is 0.487 e. The number of allylic oxidation sites excluding steroid dienone is 2. The number of hydrogen-bond donors (Lipinski definition) is 0. The molecule has 0 spiro atoms. The molecule has 0 atom stereocenters. The van der Waals surface area contributed by atoms with Crippen LogP contribution >= 0.6 is 0 Å². The van der Waals surface area contributed by atoms with Crippen LogP contribution in [0.1, 0.15) is 96.8 Å². The standard InChI is InChI=1S/C22H38O3/c1-2-3-4-5-6-7-8-9-10-11-12-13-14-15-16-17-19-24-21-18-20-25-22(21)23/h9-10,18H,2-8,11-17,19-20H2,1H3/b10-9-. The van der Waals surface area contributed by atoms with E-state index in [9.17, 15) is 4.79 Å². The Kier molecular flexibility index (Phi) is 14.1. The van der Waals surface area contributed by atoms with Gasteiger partial charge in [-0.15, -0.1) is 0 Å². The van der Waals surface area contributed by atoms with Gasteiger partial charge < -0.3 is 9.47 Å². The maximum absolute atomic E-state index is 11.2.